The Morgan fingerprint density at radius 1 is 0.975 bits per heavy atom. The van der Waals surface area contributed by atoms with Crippen molar-refractivity contribution in [1.82, 2.24) is 9.80 Å². The van der Waals surface area contributed by atoms with Crippen LogP contribution in [0.1, 0.15) is 41.8 Å². The molecular formula is C33H40N2O5. The molecule has 0 saturated heterocycles. The molecule has 7 heteroatoms. The molecule has 2 aliphatic heterocycles. The second kappa shape index (κ2) is 12.9. The Bertz CT molecular complexity index is 1310. The molecule has 3 atom stereocenters. The summed E-state index contributed by atoms with van der Waals surface area (Å²) in [7, 11) is 2.08. The van der Waals surface area contributed by atoms with Crippen molar-refractivity contribution in [2.24, 2.45) is 5.92 Å². The van der Waals surface area contributed by atoms with Crippen LogP contribution in [0.25, 0.3) is 11.1 Å². The second-order valence-electron chi connectivity index (χ2n) is 11.0. The lowest BCUT2D eigenvalue weighted by Gasteiger charge is -2.35. The van der Waals surface area contributed by atoms with Crippen molar-refractivity contribution in [3.8, 4) is 22.6 Å². The van der Waals surface area contributed by atoms with E-state index in [1.165, 1.54) is 0 Å². The van der Waals surface area contributed by atoms with Crippen LogP contribution in [0.4, 0.5) is 0 Å². The van der Waals surface area contributed by atoms with Crippen LogP contribution in [-0.4, -0.2) is 72.9 Å². The molecule has 1 amide bonds. The topological polar surface area (TPSA) is 71.5 Å². The smallest absolute Gasteiger partial charge is 0.254 e. The molecule has 212 valence electrons. The summed E-state index contributed by atoms with van der Waals surface area (Å²) in [5.41, 5.74) is 4.65. The minimum Gasteiger partial charge on any atom is -0.490 e. The highest BCUT2D eigenvalue weighted by molar-refractivity contribution is 6.01. The molecule has 0 bridgehead atoms. The van der Waals surface area contributed by atoms with E-state index in [-0.39, 0.29) is 30.6 Å². The standard InChI is InChI=1S/C33H40N2O5/c1-23-18-35(24(2)21-36)33(37)29-14-7-6-13-28(29)27-12-5-4-10-26(27)22-40-31(23)20-34(3)19-25-11-8-15-30-32(25)39-17-9-16-38-30/h4-8,10-15,23-24,31,36H,9,16-22H2,1-3H3/t23-,24+,31-/m1/s1. The van der Waals surface area contributed by atoms with Gasteiger partial charge in [0, 0.05) is 43.1 Å². The van der Waals surface area contributed by atoms with Gasteiger partial charge in [-0.05, 0) is 42.8 Å². The average Bonchev–Trinajstić information content (AvgIpc) is 3.24. The molecule has 0 fully saturated rings. The van der Waals surface area contributed by atoms with Gasteiger partial charge >= 0.3 is 0 Å². The molecule has 0 saturated carbocycles. The summed E-state index contributed by atoms with van der Waals surface area (Å²) < 4.78 is 18.6. The van der Waals surface area contributed by atoms with Gasteiger partial charge in [0.15, 0.2) is 11.5 Å². The first-order chi connectivity index (χ1) is 19.5. The number of aliphatic hydroxyl groups is 1. The molecule has 0 spiro atoms. The van der Waals surface area contributed by atoms with E-state index in [2.05, 4.69) is 37.1 Å². The Morgan fingerprint density at radius 2 is 1.70 bits per heavy atom. The Morgan fingerprint density at radius 3 is 2.50 bits per heavy atom. The fourth-order valence-corrected chi connectivity index (χ4v) is 5.59. The number of ether oxygens (including phenoxy) is 3. The molecule has 0 aromatic heterocycles. The van der Waals surface area contributed by atoms with Crippen molar-refractivity contribution in [3.63, 3.8) is 0 Å². The van der Waals surface area contributed by atoms with E-state index in [0.29, 0.717) is 45.0 Å². The Labute approximate surface area is 237 Å². The van der Waals surface area contributed by atoms with Crippen LogP contribution < -0.4 is 9.47 Å². The molecule has 7 nitrogen and oxygen atoms in total. The first kappa shape index (κ1) is 28.1. The first-order valence-corrected chi connectivity index (χ1v) is 14.2. The summed E-state index contributed by atoms with van der Waals surface area (Å²) in [4.78, 5) is 18.0. The van der Waals surface area contributed by atoms with Crippen molar-refractivity contribution in [2.45, 2.75) is 45.6 Å². The van der Waals surface area contributed by atoms with Crippen LogP contribution in [0.3, 0.4) is 0 Å². The van der Waals surface area contributed by atoms with Crippen LogP contribution in [0, 0.1) is 5.92 Å². The van der Waals surface area contributed by atoms with E-state index in [9.17, 15) is 9.90 Å². The van der Waals surface area contributed by atoms with Crippen molar-refractivity contribution in [1.29, 1.82) is 0 Å². The van der Waals surface area contributed by atoms with E-state index in [1.807, 2.05) is 55.5 Å². The predicted octanol–water partition coefficient (Wildman–Crippen LogP) is 5.00. The maximum atomic E-state index is 14.0. The van der Waals surface area contributed by atoms with Crippen LogP contribution in [-0.2, 0) is 17.9 Å². The van der Waals surface area contributed by atoms with Gasteiger partial charge in [-0.15, -0.1) is 0 Å². The van der Waals surface area contributed by atoms with Gasteiger partial charge < -0.3 is 24.2 Å². The maximum absolute atomic E-state index is 14.0. The van der Waals surface area contributed by atoms with E-state index >= 15 is 0 Å². The van der Waals surface area contributed by atoms with Gasteiger partial charge in [-0.3, -0.25) is 9.69 Å². The fourth-order valence-electron chi connectivity index (χ4n) is 5.59. The molecule has 5 rings (SSSR count). The maximum Gasteiger partial charge on any atom is 0.254 e. The van der Waals surface area contributed by atoms with Gasteiger partial charge in [-0.2, -0.15) is 0 Å². The number of para-hydroxylation sites is 1. The third-order valence-electron chi connectivity index (χ3n) is 7.88. The van der Waals surface area contributed by atoms with Gasteiger partial charge in [-0.1, -0.05) is 61.5 Å². The second-order valence-corrected chi connectivity index (χ2v) is 11.0. The third kappa shape index (κ3) is 6.17. The number of amides is 1. The highest BCUT2D eigenvalue weighted by atomic mass is 16.5. The minimum atomic E-state index is -0.325. The van der Waals surface area contributed by atoms with Gasteiger partial charge in [0.25, 0.3) is 5.91 Å². The number of nitrogens with zero attached hydrogens (tertiary/aromatic N) is 2. The molecule has 0 aliphatic carbocycles. The molecule has 3 aromatic carbocycles. The highest BCUT2D eigenvalue weighted by Gasteiger charge is 2.31. The zero-order valence-corrected chi connectivity index (χ0v) is 23.7. The molecule has 0 radical (unpaired) electrons. The van der Waals surface area contributed by atoms with Gasteiger partial charge in [0.05, 0.1) is 38.6 Å². The quantitative estimate of drug-likeness (QED) is 0.471. The van der Waals surface area contributed by atoms with Crippen molar-refractivity contribution < 1.29 is 24.1 Å². The zero-order valence-electron chi connectivity index (χ0n) is 23.7. The van der Waals surface area contributed by atoms with E-state index in [0.717, 1.165) is 40.2 Å². The Hall–Kier alpha value is -3.39. The summed E-state index contributed by atoms with van der Waals surface area (Å²) in [6.45, 7) is 7.47. The van der Waals surface area contributed by atoms with Crippen LogP contribution in [0.5, 0.6) is 11.5 Å². The van der Waals surface area contributed by atoms with Crippen LogP contribution >= 0.6 is 0 Å². The highest BCUT2D eigenvalue weighted by Crippen LogP contribution is 2.34. The third-order valence-corrected chi connectivity index (χ3v) is 7.88. The summed E-state index contributed by atoms with van der Waals surface area (Å²) in [5.74, 6) is 1.57. The van der Waals surface area contributed by atoms with Gasteiger partial charge in [-0.25, -0.2) is 0 Å². The average molecular weight is 545 g/mol. The predicted molar refractivity (Wildman–Crippen MR) is 156 cm³/mol. The van der Waals surface area contributed by atoms with E-state index in [1.54, 1.807) is 4.90 Å². The minimum absolute atomic E-state index is 0.0188. The SMILES string of the molecule is C[C@@H]1CN([C@@H](C)CO)C(=O)c2ccccc2-c2ccccc2CO[C@@H]1CN(C)Cc1cccc2c1OCCCO2. The summed E-state index contributed by atoms with van der Waals surface area (Å²) in [5, 5.41) is 10.1. The van der Waals surface area contributed by atoms with Crippen molar-refractivity contribution in [3.05, 3.63) is 83.4 Å². The zero-order chi connectivity index (χ0) is 28.1. The first-order valence-electron chi connectivity index (χ1n) is 14.2. The Balaban J connectivity index is 1.44. The van der Waals surface area contributed by atoms with Gasteiger partial charge in [0.1, 0.15) is 0 Å². The number of fused-ring (bicyclic) bond motifs is 4. The number of carbonyl (C=O) groups is 1. The number of aliphatic hydroxyl groups excluding tert-OH is 1. The monoisotopic (exact) mass is 544 g/mol. The Kier molecular flexibility index (Phi) is 9.04. The van der Waals surface area contributed by atoms with Crippen LogP contribution in [0.2, 0.25) is 0 Å². The molecule has 2 aliphatic rings. The molecule has 1 N–H and O–H groups in total. The molecule has 3 aromatic rings. The lowest BCUT2D eigenvalue weighted by atomic mass is 9.94. The number of likely N-dealkylation sites (N-methyl/N-ethyl adjacent to an activating group) is 1. The number of benzene rings is 3. The molecule has 40 heavy (non-hydrogen) atoms. The largest absolute Gasteiger partial charge is 0.490 e. The number of rotatable bonds is 6. The van der Waals surface area contributed by atoms with Crippen molar-refractivity contribution >= 4 is 5.91 Å². The van der Waals surface area contributed by atoms with Crippen molar-refractivity contribution in [2.75, 3.05) is 40.0 Å². The summed E-state index contributed by atoms with van der Waals surface area (Å²) in [6, 6.07) is 21.6. The number of hydrogen-bond acceptors (Lipinski definition) is 6. The lowest BCUT2D eigenvalue weighted by Crippen LogP contribution is -2.47. The molecular weight excluding hydrogens is 504 g/mol. The molecule has 0 unspecified atom stereocenters. The van der Waals surface area contributed by atoms with Crippen LogP contribution in [0.15, 0.2) is 66.7 Å². The van der Waals surface area contributed by atoms with Gasteiger partial charge in [0.2, 0.25) is 0 Å². The summed E-state index contributed by atoms with van der Waals surface area (Å²) in [6.07, 6.45) is 0.712. The number of carbonyl (C=O) groups excluding carboxylic acids is 1. The van der Waals surface area contributed by atoms with E-state index < -0.39 is 0 Å². The van der Waals surface area contributed by atoms with E-state index in [4.69, 9.17) is 14.2 Å². The summed E-state index contributed by atoms with van der Waals surface area (Å²) >= 11 is 0. The molecule has 2 heterocycles. The lowest BCUT2D eigenvalue weighted by molar-refractivity contribution is -0.0241. The fraction of sp³-hybridized carbons (Fsp3) is 0.424. The normalized spacial score (nSPS) is 20.2. The number of hydrogen-bond donors (Lipinski definition) is 1.